The zero-order valence-electron chi connectivity index (χ0n) is 14.5. The van der Waals surface area contributed by atoms with Crippen LogP contribution in [-0.2, 0) is 4.79 Å². The molecule has 1 N–H and O–H groups in total. The number of nitrogens with zero attached hydrogens (tertiary/aromatic N) is 1. The SMILES string of the molecule is O=C(COc1ccc2ccccc2c1)Nc1nc(-c2cc(F)ccc2F)cs1. The maximum Gasteiger partial charge on any atom is 0.264 e. The van der Waals surface area contributed by atoms with Gasteiger partial charge in [0.1, 0.15) is 17.4 Å². The third kappa shape index (κ3) is 3.99. The van der Waals surface area contributed by atoms with Gasteiger partial charge in [0, 0.05) is 10.9 Å². The number of anilines is 1. The van der Waals surface area contributed by atoms with Crippen LogP contribution < -0.4 is 10.1 Å². The molecule has 1 amide bonds. The molecule has 0 aliphatic rings. The van der Waals surface area contributed by atoms with Crippen molar-refractivity contribution in [2.24, 2.45) is 0 Å². The van der Waals surface area contributed by atoms with E-state index >= 15 is 0 Å². The maximum atomic E-state index is 13.8. The molecule has 7 heteroatoms. The number of carbonyl (C=O) groups excluding carboxylic acids is 1. The van der Waals surface area contributed by atoms with Gasteiger partial charge in [0.2, 0.25) is 0 Å². The van der Waals surface area contributed by atoms with Crippen molar-refractivity contribution < 1.29 is 18.3 Å². The van der Waals surface area contributed by atoms with Gasteiger partial charge in [-0.1, -0.05) is 30.3 Å². The van der Waals surface area contributed by atoms with Crippen molar-refractivity contribution in [2.75, 3.05) is 11.9 Å². The Bertz CT molecular complexity index is 1160. The van der Waals surface area contributed by atoms with Crippen molar-refractivity contribution in [1.82, 2.24) is 4.98 Å². The summed E-state index contributed by atoms with van der Waals surface area (Å²) in [5.74, 6) is -0.952. The van der Waals surface area contributed by atoms with Crippen LogP contribution in [0, 0.1) is 11.6 Å². The first-order valence-corrected chi connectivity index (χ1v) is 9.29. The van der Waals surface area contributed by atoms with Gasteiger partial charge >= 0.3 is 0 Å². The number of nitrogens with one attached hydrogen (secondary N) is 1. The number of hydrogen-bond donors (Lipinski definition) is 1. The van der Waals surface area contributed by atoms with E-state index in [2.05, 4.69) is 10.3 Å². The van der Waals surface area contributed by atoms with E-state index in [9.17, 15) is 13.6 Å². The summed E-state index contributed by atoms with van der Waals surface area (Å²) in [7, 11) is 0. The Labute approximate surface area is 163 Å². The highest BCUT2D eigenvalue weighted by Gasteiger charge is 2.12. The molecule has 0 fully saturated rings. The average Bonchev–Trinajstić information content (AvgIpc) is 3.16. The second-order valence-corrected chi connectivity index (χ2v) is 6.87. The number of hydrogen-bond acceptors (Lipinski definition) is 4. The monoisotopic (exact) mass is 396 g/mol. The molecular formula is C21H14F2N2O2S. The maximum absolute atomic E-state index is 13.8. The van der Waals surface area contributed by atoms with Crippen LogP contribution in [0.1, 0.15) is 0 Å². The second kappa shape index (κ2) is 7.74. The van der Waals surface area contributed by atoms with Crippen molar-refractivity contribution >= 4 is 33.1 Å². The number of amides is 1. The standard InChI is InChI=1S/C21H14F2N2O2S/c22-15-6-8-18(23)17(10-15)19-12-28-21(24-19)25-20(26)11-27-16-7-5-13-3-1-2-4-14(13)9-16/h1-10,12H,11H2,(H,24,25,26). The Morgan fingerprint density at radius 1 is 1.04 bits per heavy atom. The lowest BCUT2D eigenvalue weighted by molar-refractivity contribution is -0.118. The zero-order valence-corrected chi connectivity index (χ0v) is 15.3. The Hall–Kier alpha value is -3.32. The van der Waals surface area contributed by atoms with E-state index in [0.29, 0.717) is 5.75 Å². The molecule has 0 saturated carbocycles. The van der Waals surface area contributed by atoms with Crippen molar-refractivity contribution in [2.45, 2.75) is 0 Å². The third-order valence-electron chi connectivity index (χ3n) is 4.05. The van der Waals surface area contributed by atoms with Crippen LogP contribution in [0.25, 0.3) is 22.0 Å². The number of thiazole rings is 1. The molecule has 28 heavy (non-hydrogen) atoms. The molecular weight excluding hydrogens is 382 g/mol. The van der Waals surface area contributed by atoms with Crippen LogP contribution in [0.5, 0.6) is 5.75 Å². The van der Waals surface area contributed by atoms with Gasteiger partial charge in [0.25, 0.3) is 5.91 Å². The van der Waals surface area contributed by atoms with Crippen molar-refractivity contribution in [3.8, 4) is 17.0 Å². The summed E-state index contributed by atoms with van der Waals surface area (Å²) in [6.45, 7) is -0.193. The molecule has 0 aliphatic heterocycles. The van der Waals surface area contributed by atoms with E-state index in [1.54, 1.807) is 11.4 Å². The fourth-order valence-corrected chi connectivity index (χ4v) is 3.44. The summed E-state index contributed by atoms with van der Waals surface area (Å²) in [5.41, 5.74) is 0.303. The highest BCUT2D eigenvalue weighted by molar-refractivity contribution is 7.14. The summed E-state index contributed by atoms with van der Waals surface area (Å²) in [5, 5.41) is 6.54. The molecule has 0 radical (unpaired) electrons. The first-order chi connectivity index (χ1) is 13.6. The van der Waals surface area contributed by atoms with Crippen LogP contribution in [0.2, 0.25) is 0 Å². The third-order valence-corrected chi connectivity index (χ3v) is 4.80. The lowest BCUT2D eigenvalue weighted by Gasteiger charge is -2.07. The topological polar surface area (TPSA) is 51.2 Å². The average molecular weight is 396 g/mol. The van der Waals surface area contributed by atoms with Crippen molar-refractivity contribution in [3.63, 3.8) is 0 Å². The first-order valence-electron chi connectivity index (χ1n) is 8.41. The van der Waals surface area contributed by atoms with Crippen molar-refractivity contribution in [3.05, 3.63) is 77.7 Å². The summed E-state index contributed by atoms with van der Waals surface area (Å²) in [4.78, 5) is 16.3. The number of rotatable bonds is 5. The number of carbonyl (C=O) groups is 1. The summed E-state index contributed by atoms with van der Waals surface area (Å²) in [6.07, 6.45) is 0. The van der Waals surface area contributed by atoms with Crippen LogP contribution in [0.4, 0.5) is 13.9 Å². The first kappa shape index (κ1) is 18.1. The Balaban J connectivity index is 1.40. The molecule has 0 aliphatic carbocycles. The molecule has 1 aromatic heterocycles. The van der Waals surface area contributed by atoms with Gasteiger partial charge in [-0.15, -0.1) is 11.3 Å². The number of halogens is 2. The number of benzene rings is 3. The Morgan fingerprint density at radius 2 is 1.86 bits per heavy atom. The molecule has 0 atom stereocenters. The van der Waals surface area contributed by atoms with E-state index in [-0.39, 0.29) is 23.0 Å². The second-order valence-electron chi connectivity index (χ2n) is 6.01. The minimum Gasteiger partial charge on any atom is -0.484 e. The van der Waals surface area contributed by atoms with E-state index in [0.717, 1.165) is 40.3 Å². The van der Waals surface area contributed by atoms with E-state index in [4.69, 9.17) is 4.74 Å². The number of fused-ring (bicyclic) bond motifs is 1. The van der Waals surface area contributed by atoms with Crippen LogP contribution in [0.15, 0.2) is 66.0 Å². The van der Waals surface area contributed by atoms with E-state index < -0.39 is 17.5 Å². The molecule has 3 aromatic carbocycles. The molecule has 0 unspecified atom stereocenters. The minimum absolute atomic E-state index is 0.0455. The summed E-state index contributed by atoms with van der Waals surface area (Å²) in [6, 6.07) is 16.6. The van der Waals surface area contributed by atoms with Crippen molar-refractivity contribution in [1.29, 1.82) is 0 Å². The molecule has 4 aromatic rings. The van der Waals surface area contributed by atoms with Gasteiger partial charge in [0.05, 0.1) is 5.69 Å². The molecule has 4 rings (SSSR count). The summed E-state index contributed by atoms with van der Waals surface area (Å²) >= 11 is 1.12. The van der Waals surface area contributed by atoms with Gasteiger partial charge in [-0.2, -0.15) is 0 Å². The van der Waals surface area contributed by atoms with Gasteiger partial charge in [0.15, 0.2) is 11.7 Å². The summed E-state index contributed by atoms with van der Waals surface area (Å²) < 4.78 is 32.7. The Kier molecular flexibility index (Phi) is 4.99. The number of ether oxygens (including phenoxy) is 1. The normalized spacial score (nSPS) is 10.8. The predicted molar refractivity (Wildman–Crippen MR) is 106 cm³/mol. The quantitative estimate of drug-likeness (QED) is 0.501. The molecule has 0 bridgehead atoms. The number of aromatic nitrogens is 1. The van der Waals surface area contributed by atoms with Crippen LogP contribution >= 0.6 is 11.3 Å². The van der Waals surface area contributed by atoms with Gasteiger partial charge < -0.3 is 4.74 Å². The lowest BCUT2D eigenvalue weighted by Crippen LogP contribution is -2.20. The van der Waals surface area contributed by atoms with Gasteiger partial charge in [-0.25, -0.2) is 13.8 Å². The predicted octanol–water partition coefficient (Wildman–Crippen LogP) is 5.26. The van der Waals surface area contributed by atoms with E-state index in [1.807, 2.05) is 36.4 Å². The molecule has 1 heterocycles. The Morgan fingerprint density at radius 3 is 2.71 bits per heavy atom. The highest BCUT2D eigenvalue weighted by atomic mass is 32.1. The van der Waals surface area contributed by atoms with Gasteiger partial charge in [-0.3, -0.25) is 10.1 Å². The fourth-order valence-electron chi connectivity index (χ4n) is 2.71. The molecule has 0 saturated heterocycles. The fraction of sp³-hybridized carbons (Fsp3) is 0.0476. The molecule has 4 nitrogen and oxygen atoms in total. The lowest BCUT2D eigenvalue weighted by atomic mass is 10.1. The largest absolute Gasteiger partial charge is 0.484 e. The minimum atomic E-state index is -0.579. The smallest absolute Gasteiger partial charge is 0.264 e. The zero-order chi connectivity index (χ0) is 19.5. The van der Waals surface area contributed by atoms with Crippen LogP contribution in [-0.4, -0.2) is 17.5 Å². The highest BCUT2D eigenvalue weighted by Crippen LogP contribution is 2.27. The van der Waals surface area contributed by atoms with Gasteiger partial charge in [-0.05, 0) is 41.1 Å². The molecule has 0 spiro atoms. The molecule has 140 valence electrons. The van der Waals surface area contributed by atoms with Crippen LogP contribution in [0.3, 0.4) is 0 Å². The van der Waals surface area contributed by atoms with E-state index in [1.165, 1.54) is 0 Å².